The molecule has 1 atom stereocenters. The summed E-state index contributed by atoms with van der Waals surface area (Å²) < 4.78 is 16.9. The summed E-state index contributed by atoms with van der Waals surface area (Å²) in [7, 11) is 0. The number of hydrogen-bond acceptors (Lipinski definition) is 6. The predicted octanol–water partition coefficient (Wildman–Crippen LogP) is 21.6. The number of allylic oxidation sites excluding steroid dienone is 10. The Balaban J connectivity index is 4.31. The van der Waals surface area contributed by atoms with Crippen molar-refractivity contribution in [3.63, 3.8) is 0 Å². The zero-order chi connectivity index (χ0) is 52.9. The van der Waals surface area contributed by atoms with Crippen LogP contribution in [0.15, 0.2) is 60.8 Å². The third-order valence-corrected chi connectivity index (χ3v) is 14.0. The van der Waals surface area contributed by atoms with Gasteiger partial charge in [-0.25, -0.2) is 0 Å². The third-order valence-electron chi connectivity index (χ3n) is 14.0. The van der Waals surface area contributed by atoms with Crippen LogP contribution in [0, 0.1) is 0 Å². The molecule has 0 aliphatic rings. The van der Waals surface area contributed by atoms with Crippen LogP contribution in [-0.4, -0.2) is 37.2 Å². The monoisotopic (exact) mass is 1020 g/mol. The Morgan fingerprint density at radius 1 is 0.288 bits per heavy atom. The molecular formula is C67H120O6. The molecule has 0 aromatic carbocycles. The topological polar surface area (TPSA) is 78.9 Å². The van der Waals surface area contributed by atoms with Gasteiger partial charge >= 0.3 is 17.9 Å². The first-order valence-corrected chi connectivity index (χ1v) is 31.8. The van der Waals surface area contributed by atoms with Crippen molar-refractivity contribution in [1.82, 2.24) is 0 Å². The van der Waals surface area contributed by atoms with Crippen LogP contribution < -0.4 is 0 Å². The molecule has 0 aliphatic carbocycles. The zero-order valence-corrected chi connectivity index (χ0v) is 48.7. The average Bonchev–Trinajstić information content (AvgIpc) is 3.39. The van der Waals surface area contributed by atoms with Gasteiger partial charge in [0.25, 0.3) is 0 Å². The van der Waals surface area contributed by atoms with Gasteiger partial charge in [0.2, 0.25) is 0 Å². The normalized spacial score (nSPS) is 12.4. The number of hydrogen-bond donors (Lipinski definition) is 0. The average molecular weight is 1020 g/mol. The van der Waals surface area contributed by atoms with Crippen LogP contribution in [0.1, 0.15) is 329 Å². The molecule has 1 unspecified atom stereocenters. The first kappa shape index (κ1) is 70.1. The van der Waals surface area contributed by atoms with E-state index in [1.807, 2.05) is 0 Å². The van der Waals surface area contributed by atoms with Gasteiger partial charge in [-0.1, -0.05) is 287 Å². The lowest BCUT2D eigenvalue weighted by molar-refractivity contribution is -0.167. The first-order chi connectivity index (χ1) is 36.0. The molecular weight excluding hydrogens is 901 g/mol. The van der Waals surface area contributed by atoms with Crippen LogP contribution >= 0.6 is 0 Å². The maximum Gasteiger partial charge on any atom is 0.306 e. The van der Waals surface area contributed by atoms with Gasteiger partial charge in [0.05, 0.1) is 0 Å². The SMILES string of the molecule is CC/C=C\C/C=C\C/C=C\CCCCCCCC(=O)OCC(COC(=O)CCCCCCCCCCCCCCCCCCCCCCCCC)OC(=O)CCCCCCCCC/C=C\C/C=C\CCCCC. The van der Waals surface area contributed by atoms with E-state index in [0.717, 1.165) is 109 Å². The van der Waals surface area contributed by atoms with Gasteiger partial charge in [-0.15, -0.1) is 0 Å². The standard InChI is InChI=1S/C67H120O6/c1-4-7-10-13-16-19-22-25-28-30-31-32-33-34-35-37-39-42-45-48-51-54-57-60-66(69)72-63-64(62-71-65(68)59-56-53-50-47-44-41-38-27-24-21-18-15-12-9-6-3)73-67(70)61-58-55-52-49-46-43-40-36-29-26-23-20-17-14-11-8-5-2/h9,12,17-18,20-21,26-27,29,38,64H,4-8,10-11,13-16,19,22-25,28,30-37,39-63H2,1-3H3/b12-9-,20-17-,21-18-,29-26-,38-27-. The van der Waals surface area contributed by atoms with Crippen LogP contribution in [0.5, 0.6) is 0 Å². The van der Waals surface area contributed by atoms with Gasteiger partial charge in [-0.2, -0.15) is 0 Å². The van der Waals surface area contributed by atoms with Crippen LogP contribution in [0.25, 0.3) is 0 Å². The smallest absolute Gasteiger partial charge is 0.306 e. The van der Waals surface area contributed by atoms with Gasteiger partial charge in [0.15, 0.2) is 6.10 Å². The van der Waals surface area contributed by atoms with Gasteiger partial charge < -0.3 is 14.2 Å². The van der Waals surface area contributed by atoms with Crippen molar-refractivity contribution < 1.29 is 28.6 Å². The fourth-order valence-electron chi connectivity index (χ4n) is 9.25. The molecule has 0 bridgehead atoms. The van der Waals surface area contributed by atoms with Crippen LogP contribution in [0.4, 0.5) is 0 Å². The van der Waals surface area contributed by atoms with Crippen molar-refractivity contribution in [3.8, 4) is 0 Å². The summed E-state index contributed by atoms with van der Waals surface area (Å²) in [5.74, 6) is -0.888. The van der Waals surface area contributed by atoms with E-state index < -0.39 is 6.10 Å². The Labute approximate surface area is 453 Å². The summed E-state index contributed by atoms with van der Waals surface area (Å²) in [6.07, 6.45) is 78.0. The molecule has 0 radical (unpaired) electrons. The molecule has 6 heteroatoms. The summed E-state index contributed by atoms with van der Waals surface area (Å²) >= 11 is 0. The largest absolute Gasteiger partial charge is 0.462 e. The summed E-state index contributed by atoms with van der Waals surface area (Å²) in [5, 5.41) is 0. The minimum atomic E-state index is -0.785. The molecule has 0 aromatic rings. The molecule has 0 aromatic heterocycles. The molecule has 6 nitrogen and oxygen atoms in total. The summed E-state index contributed by atoms with van der Waals surface area (Å²) in [5.41, 5.74) is 0. The maximum atomic E-state index is 12.9. The van der Waals surface area contributed by atoms with Gasteiger partial charge in [-0.3, -0.25) is 14.4 Å². The molecule has 0 fully saturated rings. The van der Waals surface area contributed by atoms with Crippen molar-refractivity contribution in [2.75, 3.05) is 13.2 Å². The van der Waals surface area contributed by atoms with Crippen molar-refractivity contribution in [1.29, 1.82) is 0 Å². The lowest BCUT2D eigenvalue weighted by atomic mass is 10.0. The predicted molar refractivity (Wildman–Crippen MR) is 316 cm³/mol. The molecule has 0 amide bonds. The Morgan fingerprint density at radius 3 is 0.863 bits per heavy atom. The zero-order valence-electron chi connectivity index (χ0n) is 48.7. The minimum Gasteiger partial charge on any atom is -0.462 e. The van der Waals surface area contributed by atoms with E-state index >= 15 is 0 Å². The van der Waals surface area contributed by atoms with Crippen LogP contribution in [0.3, 0.4) is 0 Å². The fourth-order valence-corrected chi connectivity index (χ4v) is 9.25. The molecule has 0 aliphatic heterocycles. The summed E-state index contributed by atoms with van der Waals surface area (Å²) in [6.45, 7) is 6.53. The molecule has 0 spiro atoms. The molecule has 0 saturated carbocycles. The van der Waals surface area contributed by atoms with Crippen molar-refractivity contribution in [3.05, 3.63) is 60.8 Å². The quantitative estimate of drug-likeness (QED) is 0.0261. The highest BCUT2D eigenvalue weighted by atomic mass is 16.6. The second-order valence-corrected chi connectivity index (χ2v) is 21.3. The molecule has 0 saturated heterocycles. The molecule has 424 valence electrons. The first-order valence-electron chi connectivity index (χ1n) is 31.8. The highest BCUT2D eigenvalue weighted by molar-refractivity contribution is 5.71. The maximum absolute atomic E-state index is 12.9. The summed E-state index contributed by atoms with van der Waals surface area (Å²) in [6, 6.07) is 0. The second kappa shape index (κ2) is 61.7. The van der Waals surface area contributed by atoms with Gasteiger partial charge in [-0.05, 0) is 83.5 Å². The van der Waals surface area contributed by atoms with E-state index in [-0.39, 0.29) is 31.1 Å². The van der Waals surface area contributed by atoms with Crippen molar-refractivity contribution >= 4 is 17.9 Å². The molecule has 0 heterocycles. The third kappa shape index (κ3) is 59.9. The number of ether oxygens (including phenoxy) is 3. The lowest BCUT2D eigenvalue weighted by Crippen LogP contribution is -2.30. The van der Waals surface area contributed by atoms with Crippen molar-refractivity contribution in [2.45, 2.75) is 335 Å². The highest BCUT2D eigenvalue weighted by Gasteiger charge is 2.19. The number of rotatable bonds is 58. The lowest BCUT2D eigenvalue weighted by Gasteiger charge is -2.18. The van der Waals surface area contributed by atoms with E-state index in [1.165, 1.54) is 180 Å². The molecule has 0 N–H and O–H groups in total. The van der Waals surface area contributed by atoms with Gasteiger partial charge in [0.1, 0.15) is 13.2 Å². The summed E-state index contributed by atoms with van der Waals surface area (Å²) in [4.78, 5) is 38.3. The van der Waals surface area contributed by atoms with Crippen LogP contribution in [-0.2, 0) is 28.6 Å². The van der Waals surface area contributed by atoms with E-state index in [9.17, 15) is 14.4 Å². The molecule has 0 rings (SSSR count). The number of carbonyl (C=O) groups excluding carboxylic acids is 3. The van der Waals surface area contributed by atoms with E-state index in [2.05, 4.69) is 81.5 Å². The number of esters is 3. The second-order valence-electron chi connectivity index (χ2n) is 21.3. The van der Waals surface area contributed by atoms with Crippen molar-refractivity contribution in [2.24, 2.45) is 0 Å². The highest BCUT2D eigenvalue weighted by Crippen LogP contribution is 2.17. The Kier molecular flexibility index (Phi) is 59.2. The number of unbranched alkanes of at least 4 members (excludes halogenated alkanes) is 37. The van der Waals surface area contributed by atoms with Gasteiger partial charge in [0, 0.05) is 19.3 Å². The van der Waals surface area contributed by atoms with E-state index in [1.54, 1.807) is 0 Å². The Hall–Kier alpha value is -2.89. The number of carbonyl (C=O) groups is 3. The minimum absolute atomic E-state index is 0.0802. The Morgan fingerprint density at radius 2 is 0.534 bits per heavy atom. The molecule has 73 heavy (non-hydrogen) atoms. The fraction of sp³-hybridized carbons (Fsp3) is 0.806. The van der Waals surface area contributed by atoms with E-state index in [0.29, 0.717) is 19.3 Å². The Bertz CT molecular complexity index is 1310. The van der Waals surface area contributed by atoms with Crippen LogP contribution in [0.2, 0.25) is 0 Å². The van der Waals surface area contributed by atoms with E-state index in [4.69, 9.17) is 14.2 Å².